The zero-order valence-electron chi connectivity index (χ0n) is 13.7. The Morgan fingerprint density at radius 2 is 1.86 bits per heavy atom. The van der Waals surface area contributed by atoms with E-state index in [4.69, 9.17) is 0 Å². The zero-order chi connectivity index (χ0) is 15.2. The number of phenolic OH excluding ortho intramolecular Hbond substituents is 1. The van der Waals surface area contributed by atoms with Gasteiger partial charge in [0.1, 0.15) is 5.75 Å². The van der Waals surface area contributed by atoms with Gasteiger partial charge < -0.3 is 10.4 Å². The van der Waals surface area contributed by atoms with Gasteiger partial charge in [0, 0.05) is 24.2 Å². The fourth-order valence-electron chi connectivity index (χ4n) is 3.38. The van der Waals surface area contributed by atoms with Gasteiger partial charge in [0.05, 0.1) is 0 Å². The van der Waals surface area contributed by atoms with Crippen molar-refractivity contribution in [3.8, 4) is 5.75 Å². The molecule has 1 heterocycles. The molecule has 1 aliphatic heterocycles. The van der Waals surface area contributed by atoms with Crippen LogP contribution in [0.5, 0.6) is 5.75 Å². The van der Waals surface area contributed by atoms with Gasteiger partial charge in [0.15, 0.2) is 0 Å². The van der Waals surface area contributed by atoms with Crippen molar-refractivity contribution in [3.63, 3.8) is 0 Å². The van der Waals surface area contributed by atoms with Crippen molar-refractivity contribution in [1.29, 1.82) is 0 Å². The highest BCUT2D eigenvalue weighted by Crippen LogP contribution is 2.26. The van der Waals surface area contributed by atoms with Gasteiger partial charge in [-0.15, -0.1) is 0 Å². The molecule has 0 aliphatic carbocycles. The lowest BCUT2D eigenvalue weighted by molar-refractivity contribution is 0.181. The first-order chi connectivity index (χ1) is 10.1. The smallest absolute Gasteiger partial charge is 0.120 e. The van der Waals surface area contributed by atoms with Crippen LogP contribution < -0.4 is 5.32 Å². The summed E-state index contributed by atoms with van der Waals surface area (Å²) in [6.45, 7) is 10.3. The molecule has 0 radical (unpaired) electrons. The molecule has 0 aromatic heterocycles. The van der Waals surface area contributed by atoms with E-state index in [-0.39, 0.29) is 6.04 Å². The Morgan fingerprint density at radius 3 is 2.43 bits per heavy atom. The highest BCUT2D eigenvalue weighted by atomic mass is 16.3. The fourth-order valence-corrected chi connectivity index (χ4v) is 3.38. The van der Waals surface area contributed by atoms with Crippen LogP contribution in [0, 0.1) is 5.92 Å². The Labute approximate surface area is 129 Å². The minimum absolute atomic E-state index is 0.232. The van der Waals surface area contributed by atoms with Crippen LogP contribution in [0.1, 0.15) is 51.6 Å². The summed E-state index contributed by atoms with van der Waals surface area (Å²) < 4.78 is 0. The lowest BCUT2D eigenvalue weighted by Crippen LogP contribution is -2.45. The second-order valence-corrected chi connectivity index (χ2v) is 6.48. The third-order valence-electron chi connectivity index (χ3n) is 4.67. The lowest BCUT2D eigenvalue weighted by Gasteiger charge is -2.32. The Hall–Kier alpha value is -1.06. The number of para-hydroxylation sites is 1. The number of hydrogen-bond donors (Lipinski definition) is 2. The van der Waals surface area contributed by atoms with Crippen LogP contribution >= 0.6 is 0 Å². The number of phenols is 1. The molecule has 1 saturated heterocycles. The fraction of sp³-hybridized carbons (Fsp3) is 0.667. The van der Waals surface area contributed by atoms with E-state index in [1.807, 2.05) is 18.2 Å². The summed E-state index contributed by atoms with van der Waals surface area (Å²) in [4.78, 5) is 2.62. The van der Waals surface area contributed by atoms with E-state index in [9.17, 15) is 5.11 Å². The number of aromatic hydroxyl groups is 1. The molecule has 1 aromatic rings. The molecule has 3 heteroatoms. The first kappa shape index (κ1) is 16.3. The summed E-state index contributed by atoms with van der Waals surface area (Å²) in [7, 11) is 0. The minimum atomic E-state index is 0.232. The van der Waals surface area contributed by atoms with Crippen LogP contribution in [0.15, 0.2) is 24.3 Å². The molecule has 1 aromatic carbocycles. The van der Waals surface area contributed by atoms with Gasteiger partial charge in [-0.25, -0.2) is 0 Å². The first-order valence-corrected chi connectivity index (χ1v) is 8.38. The maximum atomic E-state index is 10.0. The topological polar surface area (TPSA) is 35.5 Å². The molecule has 0 spiro atoms. The third-order valence-corrected chi connectivity index (χ3v) is 4.67. The molecule has 2 unspecified atom stereocenters. The predicted molar refractivity (Wildman–Crippen MR) is 88.6 cm³/mol. The molecule has 21 heavy (non-hydrogen) atoms. The number of nitrogens with zero attached hydrogens (tertiary/aromatic N) is 1. The van der Waals surface area contributed by atoms with Crippen LogP contribution in [0.3, 0.4) is 0 Å². The summed E-state index contributed by atoms with van der Waals surface area (Å²) in [6, 6.07) is 8.51. The van der Waals surface area contributed by atoms with Crippen molar-refractivity contribution in [2.45, 2.75) is 52.1 Å². The maximum absolute atomic E-state index is 10.0. The monoisotopic (exact) mass is 290 g/mol. The number of rotatable bonds is 7. The van der Waals surface area contributed by atoms with Crippen LogP contribution in [-0.2, 0) is 0 Å². The zero-order valence-corrected chi connectivity index (χ0v) is 13.7. The lowest BCUT2D eigenvalue weighted by atomic mass is 9.99. The van der Waals surface area contributed by atoms with E-state index < -0.39 is 0 Å². The summed E-state index contributed by atoms with van der Waals surface area (Å²) >= 11 is 0. The molecular formula is C18H30N2O. The van der Waals surface area contributed by atoms with Gasteiger partial charge in [0.2, 0.25) is 0 Å². The Balaban J connectivity index is 1.99. The molecule has 3 nitrogen and oxygen atoms in total. The number of benzene rings is 1. The molecule has 1 fully saturated rings. The molecule has 2 rings (SSSR count). The normalized spacial score (nSPS) is 19.0. The quantitative estimate of drug-likeness (QED) is 0.806. The van der Waals surface area contributed by atoms with Crippen molar-refractivity contribution in [1.82, 2.24) is 10.2 Å². The van der Waals surface area contributed by atoms with Crippen molar-refractivity contribution in [3.05, 3.63) is 29.8 Å². The Bertz CT molecular complexity index is 427. The summed E-state index contributed by atoms with van der Waals surface area (Å²) in [5.41, 5.74) is 1.02. The number of likely N-dealkylation sites (tertiary alicyclic amines) is 1. The molecule has 118 valence electrons. The van der Waals surface area contributed by atoms with Gasteiger partial charge >= 0.3 is 0 Å². The van der Waals surface area contributed by atoms with Crippen molar-refractivity contribution in [2.75, 3.05) is 19.6 Å². The average molecular weight is 290 g/mol. The van der Waals surface area contributed by atoms with E-state index in [2.05, 4.69) is 31.0 Å². The van der Waals surface area contributed by atoms with Gasteiger partial charge in [0.25, 0.3) is 0 Å². The molecule has 1 aliphatic rings. The number of hydrogen-bond acceptors (Lipinski definition) is 3. The van der Waals surface area contributed by atoms with Crippen molar-refractivity contribution >= 4 is 0 Å². The SMILES string of the molecule is CCC(NCC(C(C)C)N1CCCC1)c1ccccc1O. The summed E-state index contributed by atoms with van der Waals surface area (Å²) in [5.74, 6) is 1.05. The maximum Gasteiger partial charge on any atom is 0.120 e. The number of nitrogens with one attached hydrogen (secondary N) is 1. The Morgan fingerprint density at radius 1 is 1.19 bits per heavy atom. The van der Waals surface area contributed by atoms with Gasteiger partial charge in [-0.1, -0.05) is 39.0 Å². The average Bonchev–Trinajstić information content (AvgIpc) is 2.98. The predicted octanol–water partition coefficient (Wildman–Crippen LogP) is 3.55. The minimum Gasteiger partial charge on any atom is -0.508 e. The molecular weight excluding hydrogens is 260 g/mol. The first-order valence-electron chi connectivity index (χ1n) is 8.38. The summed E-state index contributed by atoms with van der Waals surface area (Å²) in [6.07, 6.45) is 3.65. The molecule has 2 atom stereocenters. The van der Waals surface area contributed by atoms with Crippen LogP contribution in [0.4, 0.5) is 0 Å². The van der Waals surface area contributed by atoms with E-state index in [0.717, 1.165) is 18.5 Å². The van der Waals surface area contributed by atoms with Crippen LogP contribution in [0.2, 0.25) is 0 Å². The third kappa shape index (κ3) is 4.21. The van der Waals surface area contributed by atoms with Gasteiger partial charge in [-0.05, 0) is 44.3 Å². The van der Waals surface area contributed by atoms with E-state index in [1.54, 1.807) is 6.07 Å². The van der Waals surface area contributed by atoms with E-state index in [1.165, 1.54) is 25.9 Å². The Kier molecular flexibility index (Phi) is 6.07. The van der Waals surface area contributed by atoms with Crippen LogP contribution in [0.25, 0.3) is 0 Å². The van der Waals surface area contributed by atoms with E-state index >= 15 is 0 Å². The second kappa shape index (κ2) is 7.81. The van der Waals surface area contributed by atoms with Crippen molar-refractivity contribution in [2.24, 2.45) is 5.92 Å². The highest BCUT2D eigenvalue weighted by Gasteiger charge is 2.25. The molecule has 0 saturated carbocycles. The second-order valence-electron chi connectivity index (χ2n) is 6.48. The standard InChI is InChI=1S/C18H30N2O/c1-4-16(15-9-5-6-10-18(15)21)19-13-17(14(2)3)20-11-7-8-12-20/h5-6,9-10,14,16-17,19,21H,4,7-8,11-13H2,1-3H3. The van der Waals surface area contributed by atoms with Crippen LogP contribution in [-0.4, -0.2) is 35.7 Å². The summed E-state index contributed by atoms with van der Waals surface area (Å²) in [5, 5.41) is 13.7. The highest BCUT2D eigenvalue weighted by molar-refractivity contribution is 5.34. The van der Waals surface area contributed by atoms with E-state index in [0.29, 0.717) is 17.7 Å². The molecule has 0 bridgehead atoms. The molecule has 2 N–H and O–H groups in total. The largest absolute Gasteiger partial charge is 0.508 e. The van der Waals surface area contributed by atoms with Crippen molar-refractivity contribution < 1.29 is 5.11 Å². The van der Waals surface area contributed by atoms with Gasteiger partial charge in [-0.2, -0.15) is 0 Å². The van der Waals surface area contributed by atoms with Gasteiger partial charge in [-0.3, -0.25) is 4.90 Å². The molecule has 0 amide bonds.